The number of hydrogen-bond donors (Lipinski definition) is 1. The second kappa shape index (κ2) is 11.6. The number of aliphatic hydroxyl groups excluding tert-OH is 1. The van der Waals surface area contributed by atoms with Gasteiger partial charge >= 0.3 is 11.9 Å². The maximum Gasteiger partial charge on any atom is 0.318 e. The van der Waals surface area contributed by atoms with E-state index in [9.17, 15) is 20.0 Å². The highest BCUT2D eigenvalue weighted by atomic mass is 32.2. The Balaban J connectivity index is 2.60. The van der Waals surface area contributed by atoms with Crippen LogP contribution in [-0.2, 0) is 19.1 Å². The highest BCUT2D eigenvalue weighted by molar-refractivity contribution is 8.24. The molecule has 0 saturated heterocycles. The third-order valence-electron chi connectivity index (χ3n) is 4.05. The molecule has 1 rings (SSSR count). The lowest BCUT2D eigenvalue weighted by atomic mass is 9.93. The Kier molecular flexibility index (Phi) is 9.84. The van der Waals surface area contributed by atoms with Crippen molar-refractivity contribution in [3.05, 3.63) is 35.9 Å². The van der Waals surface area contributed by atoms with Crippen LogP contribution in [0.25, 0.3) is 0 Å². The molecule has 0 radical (unpaired) electrons. The Hall–Kier alpha value is -2.39. The van der Waals surface area contributed by atoms with Crippen molar-refractivity contribution in [3.63, 3.8) is 0 Å². The molecular formula is C21H23NO5S2. The molecule has 1 aromatic carbocycles. The van der Waals surface area contributed by atoms with Crippen LogP contribution < -0.4 is 0 Å². The number of aliphatic hydroxyl groups is 1. The Morgan fingerprint density at radius 2 is 1.93 bits per heavy atom. The summed E-state index contributed by atoms with van der Waals surface area (Å²) >= 11 is 6.61. The minimum absolute atomic E-state index is 0.0463. The second-order valence-corrected chi connectivity index (χ2v) is 8.94. The van der Waals surface area contributed by atoms with Crippen molar-refractivity contribution in [3.8, 4) is 18.4 Å². The van der Waals surface area contributed by atoms with E-state index in [4.69, 9.17) is 28.1 Å². The van der Waals surface area contributed by atoms with E-state index in [1.807, 2.05) is 30.3 Å². The monoisotopic (exact) mass is 433 g/mol. The Labute approximate surface area is 180 Å². The van der Waals surface area contributed by atoms with Crippen molar-refractivity contribution < 1.29 is 24.2 Å². The summed E-state index contributed by atoms with van der Waals surface area (Å²) in [7, 11) is 0. The van der Waals surface area contributed by atoms with Crippen LogP contribution >= 0.6 is 24.0 Å². The van der Waals surface area contributed by atoms with E-state index in [0.29, 0.717) is 4.20 Å². The average molecular weight is 434 g/mol. The minimum Gasteiger partial charge on any atom is -0.464 e. The molecule has 8 heteroatoms. The number of nitriles is 1. The summed E-state index contributed by atoms with van der Waals surface area (Å²) in [5.74, 6) is 0.806. The van der Waals surface area contributed by atoms with Crippen molar-refractivity contribution in [2.24, 2.45) is 5.41 Å². The molecule has 0 aliphatic rings. The van der Waals surface area contributed by atoms with Gasteiger partial charge in [-0.3, -0.25) is 9.59 Å². The highest BCUT2D eigenvalue weighted by Crippen LogP contribution is 2.33. The molecule has 0 saturated carbocycles. The van der Waals surface area contributed by atoms with Crippen molar-refractivity contribution in [1.82, 2.24) is 0 Å². The molecule has 6 nitrogen and oxygen atoms in total. The van der Waals surface area contributed by atoms with Gasteiger partial charge in [0.15, 0.2) is 6.61 Å². The van der Waals surface area contributed by atoms with E-state index < -0.39 is 28.7 Å². The lowest BCUT2D eigenvalue weighted by Crippen LogP contribution is -2.39. The summed E-state index contributed by atoms with van der Waals surface area (Å²) in [5.41, 5.74) is -0.574. The van der Waals surface area contributed by atoms with Crippen LogP contribution in [0.1, 0.15) is 32.3 Å². The van der Waals surface area contributed by atoms with Gasteiger partial charge in [-0.05, 0) is 25.8 Å². The predicted octanol–water partition coefficient (Wildman–Crippen LogP) is 2.88. The summed E-state index contributed by atoms with van der Waals surface area (Å²) in [6, 6.07) is 11.5. The first-order valence-corrected chi connectivity index (χ1v) is 9.99. The molecule has 154 valence electrons. The number of terminal acetylenes is 1. The number of thiocarbonyl (C=S) groups is 1. The molecule has 0 amide bonds. The van der Waals surface area contributed by atoms with Gasteiger partial charge in [-0.15, -0.1) is 6.42 Å². The van der Waals surface area contributed by atoms with Gasteiger partial charge in [0.25, 0.3) is 0 Å². The van der Waals surface area contributed by atoms with Crippen molar-refractivity contribution in [1.29, 1.82) is 5.26 Å². The Bertz CT molecular complexity index is 815. The lowest BCUT2D eigenvalue weighted by molar-refractivity contribution is -0.164. The topological polar surface area (TPSA) is 96.6 Å². The standard InChI is InChI=1S/C21H23NO5S2/c1-4-12-26-19(25)20(2,14-23)15-27-17(24)10-11-21(3,13-22)29-18(28)16-8-6-5-7-9-16/h1,5-9,23H,10-12,14-15H2,2-3H3. The number of carbonyl (C=O) groups excluding carboxylic acids is 2. The molecule has 0 spiro atoms. The summed E-state index contributed by atoms with van der Waals surface area (Å²) in [6.45, 7) is 1.95. The van der Waals surface area contributed by atoms with Gasteiger partial charge in [-0.25, -0.2) is 0 Å². The predicted molar refractivity (Wildman–Crippen MR) is 115 cm³/mol. The molecule has 0 aliphatic carbocycles. The molecule has 2 atom stereocenters. The maximum absolute atomic E-state index is 12.1. The van der Waals surface area contributed by atoms with E-state index in [2.05, 4.69) is 12.0 Å². The zero-order valence-electron chi connectivity index (χ0n) is 16.3. The van der Waals surface area contributed by atoms with Gasteiger partial charge in [0.05, 0.1) is 16.9 Å². The number of rotatable bonds is 10. The number of esters is 2. The van der Waals surface area contributed by atoms with Crippen LogP contribution in [0.2, 0.25) is 0 Å². The van der Waals surface area contributed by atoms with Crippen LogP contribution in [0.4, 0.5) is 0 Å². The molecule has 0 fully saturated rings. The number of ether oxygens (including phenoxy) is 2. The maximum atomic E-state index is 12.1. The van der Waals surface area contributed by atoms with Crippen LogP contribution in [0.5, 0.6) is 0 Å². The molecule has 2 unspecified atom stereocenters. The Morgan fingerprint density at radius 3 is 2.48 bits per heavy atom. The molecule has 0 aromatic heterocycles. The van der Waals surface area contributed by atoms with E-state index in [-0.39, 0.29) is 26.1 Å². The smallest absolute Gasteiger partial charge is 0.318 e. The largest absolute Gasteiger partial charge is 0.464 e. The molecule has 0 heterocycles. The first kappa shape index (κ1) is 24.6. The molecule has 1 N–H and O–H groups in total. The van der Waals surface area contributed by atoms with Gasteiger partial charge in [-0.2, -0.15) is 5.26 Å². The summed E-state index contributed by atoms with van der Waals surface area (Å²) < 4.78 is 9.58. The van der Waals surface area contributed by atoms with Gasteiger partial charge in [0.2, 0.25) is 0 Å². The first-order chi connectivity index (χ1) is 13.7. The van der Waals surface area contributed by atoms with Gasteiger partial charge in [0.1, 0.15) is 16.8 Å². The third-order valence-corrected chi connectivity index (χ3v) is 5.70. The van der Waals surface area contributed by atoms with Crippen LogP contribution in [0.15, 0.2) is 30.3 Å². The van der Waals surface area contributed by atoms with Gasteiger partial charge in [-0.1, -0.05) is 60.2 Å². The highest BCUT2D eigenvalue weighted by Gasteiger charge is 2.36. The van der Waals surface area contributed by atoms with E-state index in [1.165, 1.54) is 18.7 Å². The normalized spacial score (nSPS) is 14.4. The van der Waals surface area contributed by atoms with E-state index >= 15 is 0 Å². The number of thioether (sulfide) groups is 1. The number of carbonyl (C=O) groups is 2. The lowest BCUT2D eigenvalue weighted by Gasteiger charge is -2.25. The zero-order chi connectivity index (χ0) is 21.9. The fraction of sp³-hybridized carbons (Fsp3) is 0.429. The summed E-state index contributed by atoms with van der Waals surface area (Å²) in [5, 5.41) is 19.0. The zero-order valence-corrected chi connectivity index (χ0v) is 18.0. The van der Waals surface area contributed by atoms with E-state index in [0.717, 1.165) is 5.56 Å². The fourth-order valence-corrected chi connectivity index (χ4v) is 3.67. The van der Waals surface area contributed by atoms with Crippen LogP contribution in [0.3, 0.4) is 0 Å². The third kappa shape index (κ3) is 7.86. The van der Waals surface area contributed by atoms with Crippen molar-refractivity contribution in [2.45, 2.75) is 31.4 Å². The molecule has 0 aliphatic heterocycles. The molecule has 1 aromatic rings. The SMILES string of the molecule is C#CCOC(=O)C(C)(CO)COC(=O)CCC(C)(C#N)SC(=S)c1ccccc1. The summed E-state index contributed by atoms with van der Waals surface area (Å²) in [4.78, 5) is 24.1. The molecule has 29 heavy (non-hydrogen) atoms. The van der Waals surface area contributed by atoms with Crippen molar-refractivity contribution in [2.75, 3.05) is 19.8 Å². The molecular weight excluding hydrogens is 410 g/mol. The fourth-order valence-electron chi connectivity index (χ4n) is 2.07. The first-order valence-electron chi connectivity index (χ1n) is 8.76. The number of nitrogens with zero attached hydrogens (tertiary/aromatic N) is 1. The number of benzene rings is 1. The Morgan fingerprint density at radius 1 is 1.28 bits per heavy atom. The van der Waals surface area contributed by atoms with Crippen LogP contribution in [0, 0.1) is 29.1 Å². The quantitative estimate of drug-likeness (QED) is 0.342. The second-order valence-electron chi connectivity index (χ2n) is 6.76. The average Bonchev–Trinajstić information content (AvgIpc) is 2.74. The number of hydrogen-bond acceptors (Lipinski definition) is 8. The summed E-state index contributed by atoms with van der Waals surface area (Å²) in [6.07, 6.45) is 5.20. The molecule has 0 bridgehead atoms. The van der Waals surface area contributed by atoms with Crippen molar-refractivity contribution >= 4 is 40.1 Å². The van der Waals surface area contributed by atoms with E-state index in [1.54, 1.807) is 6.92 Å². The van der Waals surface area contributed by atoms with Crippen LogP contribution in [-0.4, -0.2) is 45.8 Å². The van der Waals surface area contributed by atoms with Gasteiger partial charge < -0.3 is 14.6 Å². The minimum atomic E-state index is -1.41. The van der Waals surface area contributed by atoms with Gasteiger partial charge in [0, 0.05) is 6.42 Å².